The molecule has 2 rings (SSSR count). The Labute approximate surface area is 83.1 Å². The highest BCUT2D eigenvalue weighted by atomic mass is 16.5. The smallest absolute Gasteiger partial charge is 0.179 e. The van der Waals surface area contributed by atoms with Crippen LogP contribution < -0.4 is 5.73 Å². The Bertz CT molecular complexity index is 295. The van der Waals surface area contributed by atoms with E-state index in [0.717, 1.165) is 18.1 Å². The molecule has 0 bridgehead atoms. The molecule has 1 unspecified atom stereocenters. The Morgan fingerprint density at radius 3 is 3.00 bits per heavy atom. The van der Waals surface area contributed by atoms with Crippen molar-refractivity contribution in [1.82, 2.24) is 15.2 Å². The van der Waals surface area contributed by atoms with Crippen LogP contribution in [0.3, 0.4) is 0 Å². The van der Waals surface area contributed by atoms with E-state index < -0.39 is 0 Å². The molecule has 1 aliphatic carbocycles. The van der Waals surface area contributed by atoms with E-state index in [1.165, 1.54) is 12.8 Å². The monoisotopic (exact) mass is 196 g/mol. The number of ether oxygens (including phenoxy) is 1. The first-order chi connectivity index (χ1) is 6.85. The van der Waals surface area contributed by atoms with Crippen molar-refractivity contribution in [1.29, 1.82) is 0 Å². The third-order valence-corrected chi connectivity index (χ3v) is 2.49. The Hall–Kier alpha value is -0.940. The molecule has 0 saturated heterocycles. The quantitative estimate of drug-likeness (QED) is 0.714. The predicted octanol–water partition coefficient (Wildman–Crippen LogP) is 0.403. The zero-order valence-corrected chi connectivity index (χ0v) is 8.36. The fraction of sp³-hybridized carbons (Fsp3) is 0.778. The third-order valence-electron chi connectivity index (χ3n) is 2.49. The molecule has 0 spiro atoms. The number of nitrogens with zero attached hydrogens (tertiary/aromatic N) is 2. The van der Waals surface area contributed by atoms with Gasteiger partial charge in [-0.25, -0.2) is 4.98 Å². The van der Waals surface area contributed by atoms with Gasteiger partial charge in [0.15, 0.2) is 5.82 Å². The normalized spacial score (nSPS) is 18.4. The van der Waals surface area contributed by atoms with E-state index in [1.807, 2.05) is 0 Å². The number of nitrogens with one attached hydrogen (secondary N) is 1. The molecule has 1 heterocycles. The van der Waals surface area contributed by atoms with Gasteiger partial charge >= 0.3 is 0 Å². The van der Waals surface area contributed by atoms with Crippen LogP contribution in [0.2, 0.25) is 0 Å². The molecule has 14 heavy (non-hydrogen) atoms. The van der Waals surface area contributed by atoms with Gasteiger partial charge in [-0.15, -0.1) is 0 Å². The largest absolute Gasteiger partial charge is 0.373 e. The second-order valence-corrected chi connectivity index (χ2v) is 3.67. The van der Waals surface area contributed by atoms with Gasteiger partial charge in [0.1, 0.15) is 11.9 Å². The fourth-order valence-electron chi connectivity index (χ4n) is 1.59. The van der Waals surface area contributed by atoms with E-state index in [4.69, 9.17) is 10.5 Å². The molecular weight excluding hydrogens is 180 g/mol. The van der Waals surface area contributed by atoms with Gasteiger partial charge in [0.25, 0.3) is 0 Å². The minimum absolute atomic E-state index is 0.0674. The van der Waals surface area contributed by atoms with E-state index in [0.29, 0.717) is 12.5 Å². The fourth-order valence-corrected chi connectivity index (χ4v) is 1.59. The van der Waals surface area contributed by atoms with Crippen molar-refractivity contribution in [2.24, 2.45) is 11.7 Å². The van der Waals surface area contributed by atoms with Crippen LogP contribution in [0.15, 0.2) is 0 Å². The van der Waals surface area contributed by atoms with Crippen molar-refractivity contribution in [2.45, 2.75) is 25.4 Å². The molecule has 1 aromatic rings. The van der Waals surface area contributed by atoms with Crippen molar-refractivity contribution in [3.63, 3.8) is 0 Å². The first kappa shape index (κ1) is 9.61. The number of nitrogens with two attached hydrogens (primary N) is 1. The van der Waals surface area contributed by atoms with Crippen LogP contribution in [0.25, 0.3) is 0 Å². The molecule has 1 aromatic heterocycles. The van der Waals surface area contributed by atoms with Gasteiger partial charge in [-0.2, -0.15) is 5.10 Å². The molecule has 3 N–H and O–H groups in total. The number of hydrogen-bond acceptors (Lipinski definition) is 4. The van der Waals surface area contributed by atoms with Crippen LogP contribution in [-0.2, 0) is 11.2 Å². The van der Waals surface area contributed by atoms with Gasteiger partial charge in [-0.3, -0.25) is 5.10 Å². The van der Waals surface area contributed by atoms with Gasteiger partial charge in [0.2, 0.25) is 0 Å². The summed E-state index contributed by atoms with van der Waals surface area (Å²) < 4.78 is 5.38. The van der Waals surface area contributed by atoms with Crippen LogP contribution in [0.4, 0.5) is 0 Å². The summed E-state index contributed by atoms with van der Waals surface area (Å²) in [6.07, 6.45) is 3.25. The van der Waals surface area contributed by atoms with Gasteiger partial charge < -0.3 is 10.5 Å². The first-order valence-electron chi connectivity index (χ1n) is 4.99. The lowest BCUT2D eigenvalue weighted by Crippen LogP contribution is -2.07. The summed E-state index contributed by atoms with van der Waals surface area (Å²) in [5.74, 6) is 2.24. The van der Waals surface area contributed by atoms with Crippen LogP contribution in [0.5, 0.6) is 0 Å². The number of methoxy groups -OCH3 is 1. The summed E-state index contributed by atoms with van der Waals surface area (Å²) >= 11 is 0. The molecule has 1 atom stereocenters. The standard InChI is InChI=1S/C9H16N4O/c1-14-8(6-2-3-6)9-11-7(4-5-10)12-13-9/h6,8H,2-5,10H2,1H3,(H,11,12,13). The second kappa shape index (κ2) is 4.06. The molecule has 0 aliphatic heterocycles. The summed E-state index contributed by atoms with van der Waals surface area (Å²) in [7, 11) is 1.71. The molecule has 5 nitrogen and oxygen atoms in total. The molecule has 78 valence electrons. The molecule has 0 aromatic carbocycles. The molecule has 0 radical (unpaired) electrons. The topological polar surface area (TPSA) is 76.8 Å². The Morgan fingerprint density at radius 2 is 2.43 bits per heavy atom. The third kappa shape index (κ3) is 1.93. The van der Waals surface area contributed by atoms with Crippen LogP contribution in [0, 0.1) is 5.92 Å². The maximum Gasteiger partial charge on any atom is 0.179 e. The molecular formula is C9H16N4O. The summed E-state index contributed by atoms with van der Waals surface area (Å²) in [6, 6.07) is 0. The number of aromatic nitrogens is 3. The molecule has 5 heteroatoms. The van der Waals surface area contributed by atoms with Crippen LogP contribution in [0.1, 0.15) is 30.6 Å². The predicted molar refractivity (Wildman–Crippen MR) is 51.6 cm³/mol. The lowest BCUT2D eigenvalue weighted by atomic mass is 10.2. The summed E-state index contributed by atoms with van der Waals surface area (Å²) in [5.41, 5.74) is 5.43. The number of hydrogen-bond donors (Lipinski definition) is 2. The molecule has 1 fully saturated rings. The highest BCUT2D eigenvalue weighted by Crippen LogP contribution is 2.41. The zero-order chi connectivity index (χ0) is 9.97. The van der Waals surface area contributed by atoms with Gasteiger partial charge in [-0.1, -0.05) is 0 Å². The van der Waals surface area contributed by atoms with Crippen LogP contribution >= 0.6 is 0 Å². The lowest BCUT2D eigenvalue weighted by molar-refractivity contribution is 0.0775. The average molecular weight is 196 g/mol. The number of aromatic amines is 1. The van der Waals surface area contributed by atoms with E-state index in [1.54, 1.807) is 7.11 Å². The second-order valence-electron chi connectivity index (χ2n) is 3.67. The van der Waals surface area contributed by atoms with Crippen molar-refractivity contribution in [2.75, 3.05) is 13.7 Å². The Kier molecular flexibility index (Phi) is 2.79. The first-order valence-corrected chi connectivity index (χ1v) is 4.99. The van der Waals surface area contributed by atoms with E-state index in [9.17, 15) is 0 Å². The average Bonchev–Trinajstić information content (AvgIpc) is 2.90. The van der Waals surface area contributed by atoms with Crippen LogP contribution in [-0.4, -0.2) is 28.8 Å². The van der Waals surface area contributed by atoms with Crippen molar-refractivity contribution >= 4 is 0 Å². The lowest BCUT2D eigenvalue weighted by Gasteiger charge is -2.08. The van der Waals surface area contributed by atoms with Crippen molar-refractivity contribution in [3.8, 4) is 0 Å². The maximum absolute atomic E-state index is 5.43. The van der Waals surface area contributed by atoms with Gasteiger partial charge in [-0.05, 0) is 25.3 Å². The number of rotatable bonds is 5. The van der Waals surface area contributed by atoms with Crippen molar-refractivity contribution in [3.05, 3.63) is 11.6 Å². The van der Waals surface area contributed by atoms with E-state index >= 15 is 0 Å². The summed E-state index contributed by atoms with van der Waals surface area (Å²) in [6.45, 7) is 0.593. The minimum Gasteiger partial charge on any atom is -0.373 e. The summed E-state index contributed by atoms with van der Waals surface area (Å²) in [4.78, 5) is 4.36. The van der Waals surface area contributed by atoms with E-state index in [2.05, 4.69) is 15.2 Å². The molecule has 1 aliphatic rings. The SMILES string of the molecule is COC(c1n[nH]c(CCN)n1)C1CC1. The maximum atomic E-state index is 5.43. The van der Waals surface area contributed by atoms with E-state index in [-0.39, 0.29) is 6.10 Å². The molecule has 0 amide bonds. The van der Waals surface area contributed by atoms with Gasteiger partial charge in [0, 0.05) is 13.5 Å². The van der Waals surface area contributed by atoms with Crippen molar-refractivity contribution < 1.29 is 4.74 Å². The molecule has 1 saturated carbocycles. The number of H-pyrrole nitrogens is 1. The highest BCUT2D eigenvalue weighted by Gasteiger charge is 2.34. The zero-order valence-electron chi connectivity index (χ0n) is 8.36. The van der Waals surface area contributed by atoms with Gasteiger partial charge in [0.05, 0.1) is 0 Å². The Balaban J connectivity index is 2.05. The summed E-state index contributed by atoms with van der Waals surface area (Å²) in [5, 5.41) is 7.03. The minimum atomic E-state index is 0.0674. The highest BCUT2D eigenvalue weighted by molar-refractivity contribution is 5.00. The Morgan fingerprint density at radius 1 is 1.64 bits per heavy atom.